The van der Waals surface area contributed by atoms with E-state index in [2.05, 4.69) is 41.2 Å². The SMILES string of the molecule is CO.CSN(C)c1c(Nc2nc(Cl)ncc2Br)ccc2nccnc12. The number of anilines is 3. The second-order valence-corrected chi connectivity index (χ2v) is 6.63. The highest BCUT2D eigenvalue weighted by molar-refractivity contribution is 9.10. The molecule has 0 spiro atoms. The predicted molar refractivity (Wildman–Crippen MR) is 108 cm³/mol. The molecule has 0 saturated carbocycles. The summed E-state index contributed by atoms with van der Waals surface area (Å²) in [6.45, 7) is 0. The van der Waals surface area contributed by atoms with Gasteiger partial charge >= 0.3 is 0 Å². The van der Waals surface area contributed by atoms with Crippen molar-refractivity contribution in [3.8, 4) is 0 Å². The fourth-order valence-corrected chi connectivity index (χ4v) is 2.88. The van der Waals surface area contributed by atoms with Gasteiger partial charge in [-0.3, -0.25) is 9.97 Å². The Kier molecular flexibility index (Phi) is 7.18. The molecule has 10 heteroatoms. The smallest absolute Gasteiger partial charge is 0.224 e. The highest BCUT2D eigenvalue weighted by Crippen LogP contribution is 2.37. The molecule has 0 unspecified atom stereocenters. The van der Waals surface area contributed by atoms with E-state index in [4.69, 9.17) is 16.7 Å². The molecule has 7 nitrogen and oxygen atoms in total. The zero-order valence-corrected chi connectivity index (χ0v) is 16.9. The van der Waals surface area contributed by atoms with Crippen molar-refractivity contribution in [2.75, 3.05) is 30.0 Å². The Morgan fingerprint density at radius 3 is 2.64 bits per heavy atom. The van der Waals surface area contributed by atoms with Gasteiger partial charge < -0.3 is 14.7 Å². The van der Waals surface area contributed by atoms with E-state index in [1.807, 2.05) is 29.7 Å². The van der Waals surface area contributed by atoms with Gasteiger partial charge in [-0.05, 0) is 39.7 Å². The zero-order valence-electron chi connectivity index (χ0n) is 13.7. The molecule has 2 N–H and O–H groups in total. The maximum absolute atomic E-state index is 7.00. The predicted octanol–water partition coefficient (Wildman–Crippen LogP) is 3.90. The first-order chi connectivity index (χ1) is 12.1. The lowest BCUT2D eigenvalue weighted by Crippen LogP contribution is -2.10. The third kappa shape index (κ3) is 4.49. The number of aromatic nitrogens is 4. The van der Waals surface area contributed by atoms with Gasteiger partial charge in [0, 0.05) is 39.0 Å². The molecule has 25 heavy (non-hydrogen) atoms. The molecular formula is C15H16BrClN6OS. The summed E-state index contributed by atoms with van der Waals surface area (Å²) in [5, 5.41) is 10.5. The molecule has 0 saturated heterocycles. The minimum absolute atomic E-state index is 0.177. The molecule has 2 heterocycles. The van der Waals surface area contributed by atoms with Gasteiger partial charge in [-0.1, -0.05) is 11.9 Å². The first kappa shape index (κ1) is 19.6. The van der Waals surface area contributed by atoms with Crippen LogP contribution in [0.2, 0.25) is 5.28 Å². The van der Waals surface area contributed by atoms with Crippen LogP contribution in [0.15, 0.2) is 35.2 Å². The molecule has 3 rings (SSSR count). The Hall–Kier alpha value is -1.68. The van der Waals surface area contributed by atoms with Crippen LogP contribution < -0.4 is 9.62 Å². The van der Waals surface area contributed by atoms with Crippen LogP contribution in [0.3, 0.4) is 0 Å². The number of aliphatic hydroxyl groups excluding tert-OH is 1. The van der Waals surface area contributed by atoms with Crippen LogP contribution in [0.4, 0.5) is 17.2 Å². The maximum Gasteiger partial charge on any atom is 0.224 e. The Bertz CT molecular complexity index is 869. The summed E-state index contributed by atoms with van der Waals surface area (Å²) in [6.07, 6.45) is 6.97. The molecule has 0 bridgehead atoms. The quantitative estimate of drug-likeness (QED) is 0.464. The molecule has 0 aliphatic rings. The van der Waals surface area contributed by atoms with E-state index in [1.54, 1.807) is 30.5 Å². The highest BCUT2D eigenvalue weighted by atomic mass is 79.9. The number of nitrogens with zero attached hydrogens (tertiary/aromatic N) is 5. The molecule has 0 fully saturated rings. The van der Waals surface area contributed by atoms with Gasteiger partial charge in [-0.15, -0.1) is 0 Å². The van der Waals surface area contributed by atoms with Crippen LogP contribution in [-0.2, 0) is 0 Å². The normalized spacial score (nSPS) is 10.2. The van der Waals surface area contributed by atoms with Crippen LogP contribution in [0.25, 0.3) is 11.0 Å². The third-order valence-corrected chi connectivity index (χ3v) is 4.66. The summed E-state index contributed by atoms with van der Waals surface area (Å²) in [5.74, 6) is 0.587. The highest BCUT2D eigenvalue weighted by Gasteiger charge is 2.15. The molecule has 0 aliphatic heterocycles. The number of benzene rings is 1. The van der Waals surface area contributed by atoms with Gasteiger partial charge in [0.1, 0.15) is 11.3 Å². The van der Waals surface area contributed by atoms with Gasteiger partial charge in [0.15, 0.2) is 0 Å². The van der Waals surface area contributed by atoms with E-state index < -0.39 is 0 Å². The van der Waals surface area contributed by atoms with E-state index in [0.29, 0.717) is 5.82 Å². The summed E-state index contributed by atoms with van der Waals surface area (Å²) in [7, 11) is 2.97. The second-order valence-electron chi connectivity index (χ2n) is 4.53. The molecule has 0 radical (unpaired) electrons. The van der Waals surface area contributed by atoms with Gasteiger partial charge in [-0.25, -0.2) is 4.98 Å². The number of rotatable bonds is 4. The fraction of sp³-hybridized carbons (Fsp3) is 0.200. The first-order valence-corrected chi connectivity index (χ1v) is 9.36. The monoisotopic (exact) mass is 442 g/mol. The standard InChI is InChI=1S/C14H12BrClN6S.CH4O/c1-22(23-2)12-10(4-3-9-11(12)18-6-5-17-9)20-13-8(15)7-19-14(16)21-13;1-2/h3-7H,1-2H3,(H,19,20,21);2H,1H3. The minimum atomic E-state index is 0.177. The largest absolute Gasteiger partial charge is 0.400 e. The molecule has 0 amide bonds. The van der Waals surface area contributed by atoms with Crippen LogP contribution in [0.1, 0.15) is 0 Å². The average Bonchev–Trinajstić information content (AvgIpc) is 2.65. The molecule has 3 aromatic rings. The minimum Gasteiger partial charge on any atom is -0.400 e. The Labute approximate surface area is 163 Å². The van der Waals surface area contributed by atoms with Crippen molar-refractivity contribution < 1.29 is 5.11 Å². The molecule has 0 aliphatic carbocycles. The fourth-order valence-electron chi connectivity index (χ4n) is 2.09. The van der Waals surface area contributed by atoms with E-state index in [9.17, 15) is 0 Å². The van der Waals surface area contributed by atoms with Crippen molar-refractivity contribution in [3.05, 3.63) is 40.5 Å². The topological polar surface area (TPSA) is 87.1 Å². The second kappa shape index (κ2) is 9.14. The number of halogens is 2. The molecule has 2 aromatic heterocycles. The maximum atomic E-state index is 7.00. The molecule has 0 atom stereocenters. The average molecular weight is 444 g/mol. The Balaban J connectivity index is 0.00000109. The van der Waals surface area contributed by atoms with Crippen molar-refractivity contribution in [2.45, 2.75) is 0 Å². The van der Waals surface area contributed by atoms with Crippen molar-refractivity contribution in [1.82, 2.24) is 19.9 Å². The van der Waals surface area contributed by atoms with Gasteiger partial charge in [0.05, 0.1) is 21.4 Å². The van der Waals surface area contributed by atoms with Gasteiger partial charge in [0.2, 0.25) is 5.28 Å². The van der Waals surface area contributed by atoms with Gasteiger partial charge in [-0.2, -0.15) is 4.98 Å². The summed E-state index contributed by atoms with van der Waals surface area (Å²) >= 11 is 10.9. The Morgan fingerprint density at radius 2 is 1.92 bits per heavy atom. The summed E-state index contributed by atoms with van der Waals surface area (Å²) in [6, 6.07) is 3.86. The van der Waals surface area contributed by atoms with E-state index in [0.717, 1.165) is 34.0 Å². The van der Waals surface area contributed by atoms with Crippen molar-refractivity contribution in [3.63, 3.8) is 0 Å². The van der Waals surface area contributed by atoms with Crippen LogP contribution in [-0.4, -0.2) is 45.5 Å². The van der Waals surface area contributed by atoms with Gasteiger partial charge in [0.25, 0.3) is 0 Å². The van der Waals surface area contributed by atoms with E-state index in [1.165, 1.54) is 0 Å². The van der Waals surface area contributed by atoms with Crippen LogP contribution in [0.5, 0.6) is 0 Å². The number of aliphatic hydroxyl groups is 1. The number of hydrogen-bond acceptors (Lipinski definition) is 8. The summed E-state index contributed by atoms with van der Waals surface area (Å²) in [5.41, 5.74) is 3.41. The van der Waals surface area contributed by atoms with Crippen molar-refractivity contribution in [1.29, 1.82) is 0 Å². The van der Waals surface area contributed by atoms with Crippen molar-refractivity contribution in [2.24, 2.45) is 0 Å². The molecule has 132 valence electrons. The first-order valence-electron chi connectivity index (χ1n) is 7.01. The number of hydrogen-bond donors (Lipinski definition) is 2. The number of nitrogens with one attached hydrogen (secondary N) is 1. The molecule has 1 aromatic carbocycles. The number of fused-ring (bicyclic) bond motifs is 1. The lowest BCUT2D eigenvalue weighted by molar-refractivity contribution is 0.399. The zero-order chi connectivity index (χ0) is 18.4. The lowest BCUT2D eigenvalue weighted by Gasteiger charge is -2.21. The third-order valence-electron chi connectivity index (χ3n) is 3.17. The van der Waals surface area contributed by atoms with Crippen LogP contribution >= 0.6 is 39.5 Å². The molecular weight excluding hydrogens is 428 g/mol. The Morgan fingerprint density at radius 1 is 1.20 bits per heavy atom. The van der Waals surface area contributed by atoms with E-state index >= 15 is 0 Å². The lowest BCUT2D eigenvalue weighted by atomic mass is 10.2. The van der Waals surface area contributed by atoms with Crippen molar-refractivity contribution >= 4 is 67.7 Å². The summed E-state index contributed by atoms with van der Waals surface area (Å²) < 4.78 is 2.75. The summed E-state index contributed by atoms with van der Waals surface area (Å²) in [4.78, 5) is 17.0. The van der Waals surface area contributed by atoms with E-state index in [-0.39, 0.29) is 5.28 Å². The van der Waals surface area contributed by atoms with Crippen LogP contribution in [0, 0.1) is 0 Å².